The van der Waals surface area contributed by atoms with E-state index >= 15 is 0 Å². The lowest BCUT2D eigenvalue weighted by molar-refractivity contribution is -0.134. The summed E-state index contributed by atoms with van der Waals surface area (Å²) in [7, 11) is 0. The lowest BCUT2D eigenvalue weighted by atomic mass is 10.0. The van der Waals surface area contributed by atoms with Crippen LogP contribution in [0.5, 0.6) is 0 Å². The number of hydrogen-bond donors (Lipinski definition) is 2. The van der Waals surface area contributed by atoms with Crippen molar-refractivity contribution >= 4 is 17.5 Å². The number of likely N-dealkylation sites (tertiary alicyclic amines) is 1. The molecule has 2 aromatic rings. The lowest BCUT2D eigenvalue weighted by Gasteiger charge is -2.32. The number of rotatable bonds is 7. The first-order valence-electron chi connectivity index (χ1n) is 11.1. The van der Waals surface area contributed by atoms with Gasteiger partial charge in [-0.2, -0.15) is 0 Å². The van der Waals surface area contributed by atoms with Gasteiger partial charge in [-0.3, -0.25) is 14.9 Å². The number of nitrogens with zero attached hydrogens (tertiary/aromatic N) is 1. The maximum absolute atomic E-state index is 13.3. The minimum Gasteiger partial charge on any atom is -0.341 e. The van der Waals surface area contributed by atoms with Crippen molar-refractivity contribution in [1.82, 2.24) is 10.2 Å². The van der Waals surface area contributed by atoms with Gasteiger partial charge in [0.25, 0.3) is 0 Å². The number of amides is 2. The van der Waals surface area contributed by atoms with Crippen molar-refractivity contribution in [2.24, 2.45) is 5.92 Å². The molecule has 0 unspecified atom stereocenters. The van der Waals surface area contributed by atoms with Gasteiger partial charge in [-0.1, -0.05) is 42.5 Å². The van der Waals surface area contributed by atoms with E-state index in [2.05, 4.69) is 17.6 Å². The van der Waals surface area contributed by atoms with Gasteiger partial charge in [0.2, 0.25) is 11.8 Å². The second kappa shape index (κ2) is 9.43. The average molecular weight is 406 g/mol. The fourth-order valence-electron chi connectivity index (χ4n) is 4.04. The highest BCUT2D eigenvalue weighted by Crippen LogP contribution is 2.30. The van der Waals surface area contributed by atoms with E-state index in [9.17, 15) is 9.59 Å². The van der Waals surface area contributed by atoms with E-state index in [1.807, 2.05) is 59.5 Å². The molecule has 0 aromatic heterocycles. The zero-order valence-electron chi connectivity index (χ0n) is 17.6. The second-order valence-corrected chi connectivity index (χ2v) is 8.50. The van der Waals surface area contributed by atoms with E-state index in [-0.39, 0.29) is 29.8 Å². The van der Waals surface area contributed by atoms with E-state index in [1.165, 1.54) is 6.42 Å². The predicted molar refractivity (Wildman–Crippen MR) is 119 cm³/mol. The molecule has 2 atom stereocenters. The number of carbonyl (C=O) groups is 2. The Balaban J connectivity index is 1.46. The molecular formula is C25H31N3O2. The number of anilines is 1. The fraction of sp³-hybridized carbons (Fsp3) is 0.440. The summed E-state index contributed by atoms with van der Waals surface area (Å²) in [5.41, 5.74) is 2.91. The summed E-state index contributed by atoms with van der Waals surface area (Å²) in [5.74, 6) is 0.462. The number of hydrogen-bond acceptors (Lipinski definition) is 3. The molecule has 1 heterocycles. The maximum Gasteiger partial charge on any atom is 0.244 e. The molecule has 1 saturated heterocycles. The van der Waals surface area contributed by atoms with E-state index in [0.717, 1.165) is 55.6 Å². The molecular weight excluding hydrogens is 374 g/mol. The van der Waals surface area contributed by atoms with Crippen LogP contribution < -0.4 is 10.6 Å². The van der Waals surface area contributed by atoms with Gasteiger partial charge in [0.15, 0.2) is 0 Å². The van der Waals surface area contributed by atoms with Crippen molar-refractivity contribution in [2.45, 2.75) is 51.1 Å². The third kappa shape index (κ3) is 5.08. The van der Waals surface area contributed by atoms with Crippen molar-refractivity contribution < 1.29 is 9.59 Å². The Bertz CT molecular complexity index is 856. The van der Waals surface area contributed by atoms with Crippen LogP contribution >= 0.6 is 0 Å². The third-order valence-corrected chi connectivity index (χ3v) is 6.09. The first kappa shape index (κ1) is 20.6. The van der Waals surface area contributed by atoms with Crippen LogP contribution in [0.15, 0.2) is 54.6 Å². The van der Waals surface area contributed by atoms with Gasteiger partial charge < -0.3 is 10.2 Å². The Morgan fingerprint density at radius 1 is 0.900 bits per heavy atom. The quantitative estimate of drug-likeness (QED) is 0.716. The van der Waals surface area contributed by atoms with Crippen LogP contribution in [0, 0.1) is 5.92 Å². The standard InChI is InChI=1S/C25H31N3O2/c1-18(19-12-14-22(15-13-19)27-24(29)21-10-11-21)26-23(20-8-4-2-5-9-20)25(30)28-16-6-3-7-17-28/h2,4-5,8-9,12-15,18,21,23,26H,3,6-7,10-11,16-17H2,1H3,(H,27,29)/t18-,23-/m1/s1. The SMILES string of the molecule is C[C@@H](N[C@@H](C(=O)N1CCCCC1)c1ccccc1)c1ccc(NC(=O)C2CC2)cc1. The average Bonchev–Trinajstić information content (AvgIpc) is 3.64. The van der Waals surface area contributed by atoms with E-state index in [4.69, 9.17) is 0 Å². The van der Waals surface area contributed by atoms with Gasteiger partial charge in [-0.15, -0.1) is 0 Å². The first-order valence-corrected chi connectivity index (χ1v) is 11.1. The minimum absolute atomic E-state index is 0.00266. The highest BCUT2D eigenvalue weighted by atomic mass is 16.2. The van der Waals surface area contributed by atoms with Crippen LogP contribution in [0.1, 0.15) is 62.2 Å². The predicted octanol–water partition coefficient (Wildman–Crippen LogP) is 4.44. The number of piperidine rings is 1. The second-order valence-electron chi connectivity index (χ2n) is 8.50. The summed E-state index contributed by atoms with van der Waals surface area (Å²) in [4.78, 5) is 27.3. The molecule has 1 aliphatic carbocycles. The van der Waals surface area contributed by atoms with Gasteiger partial charge in [-0.25, -0.2) is 0 Å². The van der Waals surface area contributed by atoms with Crippen molar-refractivity contribution in [2.75, 3.05) is 18.4 Å². The molecule has 2 N–H and O–H groups in total. The Kier molecular flexibility index (Phi) is 6.48. The fourth-order valence-corrected chi connectivity index (χ4v) is 4.04. The van der Waals surface area contributed by atoms with Crippen LogP contribution in [0.3, 0.4) is 0 Å². The summed E-state index contributed by atoms with van der Waals surface area (Å²) in [6.07, 6.45) is 5.36. The monoisotopic (exact) mass is 405 g/mol. The van der Waals surface area contributed by atoms with E-state index in [0.29, 0.717) is 0 Å². The van der Waals surface area contributed by atoms with Crippen molar-refractivity contribution in [3.05, 3.63) is 65.7 Å². The van der Waals surface area contributed by atoms with Gasteiger partial charge in [0.1, 0.15) is 6.04 Å². The Morgan fingerprint density at radius 2 is 1.57 bits per heavy atom. The summed E-state index contributed by atoms with van der Waals surface area (Å²) >= 11 is 0. The van der Waals surface area contributed by atoms with Gasteiger partial charge in [-0.05, 0) is 62.3 Å². The largest absolute Gasteiger partial charge is 0.341 e. The molecule has 0 bridgehead atoms. The Morgan fingerprint density at radius 3 is 2.20 bits per heavy atom. The molecule has 5 heteroatoms. The molecule has 1 aliphatic heterocycles. The topological polar surface area (TPSA) is 61.4 Å². The van der Waals surface area contributed by atoms with Crippen molar-refractivity contribution in [3.8, 4) is 0 Å². The zero-order valence-corrected chi connectivity index (χ0v) is 17.6. The highest BCUT2D eigenvalue weighted by molar-refractivity contribution is 5.94. The number of carbonyl (C=O) groups excluding carboxylic acids is 2. The summed E-state index contributed by atoms with van der Waals surface area (Å²) in [6, 6.07) is 17.5. The molecule has 2 fully saturated rings. The molecule has 158 valence electrons. The maximum atomic E-state index is 13.3. The number of nitrogens with one attached hydrogen (secondary N) is 2. The van der Waals surface area contributed by atoms with Crippen molar-refractivity contribution in [1.29, 1.82) is 0 Å². The van der Waals surface area contributed by atoms with Crippen LogP contribution in [0.4, 0.5) is 5.69 Å². The summed E-state index contributed by atoms with van der Waals surface area (Å²) < 4.78 is 0. The molecule has 30 heavy (non-hydrogen) atoms. The molecule has 4 rings (SSSR count). The summed E-state index contributed by atoms with van der Waals surface area (Å²) in [5, 5.41) is 6.53. The Hall–Kier alpha value is -2.66. The van der Waals surface area contributed by atoms with Gasteiger partial charge in [0, 0.05) is 30.7 Å². The smallest absolute Gasteiger partial charge is 0.244 e. The van der Waals surface area contributed by atoms with Gasteiger partial charge in [0.05, 0.1) is 0 Å². The van der Waals surface area contributed by atoms with E-state index < -0.39 is 0 Å². The highest BCUT2D eigenvalue weighted by Gasteiger charge is 2.30. The van der Waals surface area contributed by atoms with Crippen LogP contribution in [0.2, 0.25) is 0 Å². The molecule has 2 aliphatic rings. The Labute approximate surface area is 178 Å². The van der Waals surface area contributed by atoms with Crippen LogP contribution in [0.25, 0.3) is 0 Å². The molecule has 5 nitrogen and oxygen atoms in total. The molecule has 2 aromatic carbocycles. The summed E-state index contributed by atoms with van der Waals surface area (Å²) in [6.45, 7) is 3.76. The molecule has 1 saturated carbocycles. The van der Waals surface area contributed by atoms with Crippen molar-refractivity contribution in [3.63, 3.8) is 0 Å². The van der Waals surface area contributed by atoms with Crippen LogP contribution in [-0.4, -0.2) is 29.8 Å². The zero-order chi connectivity index (χ0) is 20.9. The first-order chi connectivity index (χ1) is 14.6. The minimum atomic E-state index is -0.367. The third-order valence-electron chi connectivity index (χ3n) is 6.09. The number of benzene rings is 2. The lowest BCUT2D eigenvalue weighted by Crippen LogP contribution is -2.43. The molecule has 0 radical (unpaired) electrons. The molecule has 0 spiro atoms. The van der Waals surface area contributed by atoms with E-state index in [1.54, 1.807) is 0 Å². The molecule has 2 amide bonds. The van der Waals surface area contributed by atoms with Crippen LogP contribution in [-0.2, 0) is 9.59 Å². The van der Waals surface area contributed by atoms with Gasteiger partial charge >= 0.3 is 0 Å². The normalized spacial score (nSPS) is 18.5.